The van der Waals surface area contributed by atoms with Crippen molar-refractivity contribution in [2.45, 2.75) is 26.1 Å². The van der Waals surface area contributed by atoms with E-state index in [1.807, 2.05) is 13.0 Å². The summed E-state index contributed by atoms with van der Waals surface area (Å²) in [6.45, 7) is 3.76. The first kappa shape index (κ1) is 19.8. The quantitative estimate of drug-likeness (QED) is 0.216. The predicted molar refractivity (Wildman–Crippen MR) is 108 cm³/mol. The number of hydrogen-bond donors (Lipinski definition) is 1. The number of aryl methyl sites for hydroxylation is 2. The third-order valence-electron chi connectivity index (χ3n) is 5.26. The molecule has 0 aromatic heterocycles. The molecule has 1 atom stereocenters. The van der Waals surface area contributed by atoms with Crippen LogP contribution in [0.1, 0.15) is 45.1 Å². The Morgan fingerprint density at radius 2 is 1.67 bits per heavy atom. The number of ketones is 1. The highest BCUT2D eigenvalue weighted by Crippen LogP contribution is 2.43. The molecule has 1 unspecified atom stereocenters. The van der Waals surface area contributed by atoms with Gasteiger partial charge in [0.1, 0.15) is 5.75 Å². The highest BCUT2D eigenvalue weighted by atomic mass is 17.2. The zero-order valence-electron chi connectivity index (χ0n) is 16.5. The van der Waals surface area contributed by atoms with E-state index < -0.39 is 11.9 Å². The maximum Gasteiger partial charge on any atom is 0.517 e. The standard InChI is InChI=1S/C24H20O6/c1-3-16-12-13-20-18(14-16)22(25)17-9-5-6-10-19(17)24(20,30-27)29-23(26)28-21-11-7-4-8-15(21)2/h4-14,27H,3H2,1-2H3. The minimum Gasteiger partial charge on any atom is -0.395 e. The van der Waals surface area contributed by atoms with Gasteiger partial charge < -0.3 is 9.47 Å². The molecule has 30 heavy (non-hydrogen) atoms. The Morgan fingerprint density at radius 1 is 0.967 bits per heavy atom. The lowest BCUT2D eigenvalue weighted by Gasteiger charge is -2.35. The van der Waals surface area contributed by atoms with E-state index >= 15 is 0 Å². The number of hydrogen-bond acceptors (Lipinski definition) is 6. The molecular weight excluding hydrogens is 384 g/mol. The van der Waals surface area contributed by atoms with E-state index in [1.54, 1.807) is 67.6 Å². The van der Waals surface area contributed by atoms with Gasteiger partial charge in [0.2, 0.25) is 0 Å². The van der Waals surface area contributed by atoms with Crippen LogP contribution in [0.2, 0.25) is 0 Å². The molecule has 1 aliphatic rings. The molecule has 4 rings (SSSR count). The number of carbonyl (C=O) groups is 2. The maximum absolute atomic E-state index is 13.1. The number of benzene rings is 3. The molecule has 0 amide bonds. The molecule has 6 heteroatoms. The fourth-order valence-corrected chi connectivity index (χ4v) is 3.67. The fourth-order valence-electron chi connectivity index (χ4n) is 3.67. The van der Waals surface area contributed by atoms with Crippen molar-refractivity contribution < 1.29 is 29.2 Å². The van der Waals surface area contributed by atoms with Gasteiger partial charge in [0.05, 0.1) is 0 Å². The van der Waals surface area contributed by atoms with Crippen LogP contribution in [0.5, 0.6) is 5.75 Å². The third kappa shape index (κ3) is 3.16. The fraction of sp³-hybridized carbons (Fsp3) is 0.167. The second kappa shape index (κ2) is 7.74. The average molecular weight is 404 g/mol. The van der Waals surface area contributed by atoms with Gasteiger partial charge in [-0.3, -0.25) is 4.79 Å². The average Bonchev–Trinajstić information content (AvgIpc) is 2.78. The maximum atomic E-state index is 13.1. The number of para-hydroxylation sites is 1. The summed E-state index contributed by atoms with van der Waals surface area (Å²) in [5.41, 5.74) is 2.68. The van der Waals surface area contributed by atoms with Crippen LogP contribution < -0.4 is 4.74 Å². The minimum absolute atomic E-state index is 0.219. The van der Waals surface area contributed by atoms with Crippen LogP contribution in [0, 0.1) is 6.92 Å². The van der Waals surface area contributed by atoms with E-state index in [2.05, 4.69) is 0 Å². The Labute approximate surface area is 173 Å². The van der Waals surface area contributed by atoms with Gasteiger partial charge in [-0.05, 0) is 36.6 Å². The molecule has 152 valence electrons. The normalized spacial score (nSPS) is 17.1. The van der Waals surface area contributed by atoms with E-state index in [0.29, 0.717) is 17.7 Å². The van der Waals surface area contributed by atoms with Crippen LogP contribution in [0.15, 0.2) is 66.7 Å². The largest absolute Gasteiger partial charge is 0.517 e. The first-order valence-corrected chi connectivity index (χ1v) is 9.56. The number of rotatable bonds is 4. The van der Waals surface area contributed by atoms with Gasteiger partial charge >= 0.3 is 11.9 Å². The first-order valence-electron chi connectivity index (χ1n) is 9.56. The van der Waals surface area contributed by atoms with Crippen molar-refractivity contribution in [3.8, 4) is 5.75 Å². The summed E-state index contributed by atoms with van der Waals surface area (Å²) in [6, 6.07) is 18.6. The number of ether oxygens (including phenoxy) is 2. The second-order valence-electron chi connectivity index (χ2n) is 7.04. The van der Waals surface area contributed by atoms with Crippen LogP contribution >= 0.6 is 0 Å². The molecule has 1 aliphatic carbocycles. The molecular formula is C24H20O6. The summed E-state index contributed by atoms with van der Waals surface area (Å²) in [7, 11) is 0. The van der Waals surface area contributed by atoms with Crippen molar-refractivity contribution in [1.82, 2.24) is 0 Å². The lowest BCUT2D eigenvalue weighted by Crippen LogP contribution is -2.42. The summed E-state index contributed by atoms with van der Waals surface area (Å²) >= 11 is 0. The molecule has 0 bridgehead atoms. The zero-order chi connectivity index (χ0) is 21.3. The van der Waals surface area contributed by atoms with Crippen molar-refractivity contribution in [1.29, 1.82) is 0 Å². The molecule has 3 aromatic carbocycles. The van der Waals surface area contributed by atoms with Gasteiger partial charge in [-0.1, -0.05) is 61.5 Å². The van der Waals surface area contributed by atoms with E-state index in [9.17, 15) is 14.8 Å². The van der Waals surface area contributed by atoms with E-state index in [-0.39, 0.29) is 22.5 Å². The van der Waals surface area contributed by atoms with E-state index in [1.165, 1.54) is 0 Å². The molecule has 0 fully saturated rings. The van der Waals surface area contributed by atoms with Gasteiger partial charge in [-0.25, -0.2) is 10.1 Å². The number of fused-ring (bicyclic) bond motifs is 2. The predicted octanol–water partition coefficient (Wildman–Crippen LogP) is 5.01. The molecule has 0 saturated carbocycles. The summed E-state index contributed by atoms with van der Waals surface area (Å²) in [6.07, 6.45) is -0.362. The van der Waals surface area contributed by atoms with Crippen molar-refractivity contribution in [3.05, 3.63) is 100 Å². The van der Waals surface area contributed by atoms with Gasteiger partial charge in [0, 0.05) is 22.3 Å². The van der Waals surface area contributed by atoms with Crippen LogP contribution in [0.4, 0.5) is 4.79 Å². The Kier molecular flexibility index (Phi) is 5.11. The Hall–Kier alpha value is -3.48. The van der Waals surface area contributed by atoms with Crippen LogP contribution in [0.25, 0.3) is 0 Å². The third-order valence-corrected chi connectivity index (χ3v) is 5.26. The smallest absolute Gasteiger partial charge is 0.395 e. The minimum atomic E-state index is -2.04. The first-order chi connectivity index (χ1) is 14.5. The highest BCUT2D eigenvalue weighted by Gasteiger charge is 2.49. The topological polar surface area (TPSA) is 82.1 Å². The molecule has 0 heterocycles. The summed E-state index contributed by atoms with van der Waals surface area (Å²) in [5, 5.41) is 9.97. The van der Waals surface area contributed by atoms with Gasteiger partial charge in [-0.2, -0.15) is 4.89 Å². The monoisotopic (exact) mass is 404 g/mol. The summed E-state index contributed by atoms with van der Waals surface area (Å²) in [4.78, 5) is 30.6. The van der Waals surface area contributed by atoms with E-state index in [0.717, 1.165) is 11.1 Å². The SMILES string of the molecule is CCc1ccc2c(c1)C(=O)c1ccccc1C2(OO)OC(=O)Oc1ccccc1C. The molecule has 6 nitrogen and oxygen atoms in total. The summed E-state index contributed by atoms with van der Waals surface area (Å²) in [5.74, 6) is -1.96. The lowest BCUT2D eigenvalue weighted by atomic mass is 9.79. The van der Waals surface area contributed by atoms with Crippen molar-refractivity contribution in [2.24, 2.45) is 0 Å². The van der Waals surface area contributed by atoms with Crippen LogP contribution in [-0.4, -0.2) is 17.2 Å². The van der Waals surface area contributed by atoms with Crippen LogP contribution in [0.3, 0.4) is 0 Å². The Morgan fingerprint density at radius 3 is 2.40 bits per heavy atom. The van der Waals surface area contributed by atoms with Crippen LogP contribution in [-0.2, 0) is 21.8 Å². The molecule has 3 aromatic rings. The highest BCUT2D eigenvalue weighted by molar-refractivity contribution is 6.13. The Balaban J connectivity index is 1.82. The van der Waals surface area contributed by atoms with Crippen molar-refractivity contribution >= 4 is 11.9 Å². The van der Waals surface area contributed by atoms with Gasteiger partial charge in [-0.15, -0.1) is 0 Å². The lowest BCUT2D eigenvalue weighted by molar-refractivity contribution is -0.382. The number of carbonyl (C=O) groups excluding carboxylic acids is 2. The summed E-state index contributed by atoms with van der Waals surface area (Å²) < 4.78 is 10.9. The van der Waals surface area contributed by atoms with Crippen molar-refractivity contribution in [3.63, 3.8) is 0 Å². The molecule has 0 spiro atoms. The molecule has 0 radical (unpaired) electrons. The van der Waals surface area contributed by atoms with Gasteiger partial charge in [0.25, 0.3) is 0 Å². The Bertz CT molecular complexity index is 1140. The van der Waals surface area contributed by atoms with E-state index in [4.69, 9.17) is 14.4 Å². The molecule has 0 aliphatic heterocycles. The van der Waals surface area contributed by atoms with Crippen molar-refractivity contribution in [2.75, 3.05) is 0 Å². The molecule has 1 N–H and O–H groups in total. The molecule has 0 saturated heterocycles. The zero-order valence-corrected chi connectivity index (χ0v) is 16.5. The second-order valence-corrected chi connectivity index (χ2v) is 7.04. The van der Waals surface area contributed by atoms with Gasteiger partial charge in [0.15, 0.2) is 5.78 Å².